The normalized spacial score (nSPS) is 10.9. The second-order valence-corrected chi connectivity index (χ2v) is 6.58. The second-order valence-electron chi connectivity index (χ2n) is 5.29. The van der Waals surface area contributed by atoms with E-state index in [-0.39, 0.29) is 12.5 Å². The summed E-state index contributed by atoms with van der Waals surface area (Å²) in [4.78, 5) is 21.7. The second kappa shape index (κ2) is 8.85. The minimum Gasteiger partial charge on any atom is -0.351 e. The summed E-state index contributed by atoms with van der Waals surface area (Å²) in [6.07, 6.45) is 5.36. The van der Waals surface area contributed by atoms with Gasteiger partial charge in [-0.1, -0.05) is 12.0 Å². The Morgan fingerprint density at radius 3 is 2.80 bits per heavy atom. The molecule has 0 aliphatic carbocycles. The number of amides is 1. The van der Waals surface area contributed by atoms with Gasteiger partial charge in [0, 0.05) is 23.2 Å². The van der Waals surface area contributed by atoms with E-state index in [0.717, 1.165) is 21.1 Å². The van der Waals surface area contributed by atoms with Crippen LogP contribution >= 0.6 is 11.3 Å². The number of thiazole rings is 1. The van der Waals surface area contributed by atoms with Gasteiger partial charge in [0.2, 0.25) is 5.91 Å². The molecule has 2 rings (SSSR count). The van der Waals surface area contributed by atoms with Gasteiger partial charge in [0.05, 0.1) is 23.8 Å². The van der Waals surface area contributed by atoms with E-state index in [1.165, 1.54) is 0 Å². The Morgan fingerprint density at radius 2 is 2.16 bits per heavy atom. The highest BCUT2D eigenvalue weighted by molar-refractivity contribution is 7.11. The summed E-state index contributed by atoms with van der Waals surface area (Å²) in [7, 11) is 1.66. The van der Waals surface area contributed by atoms with Gasteiger partial charge < -0.3 is 16.0 Å². The van der Waals surface area contributed by atoms with Gasteiger partial charge in [0.25, 0.3) is 0 Å². The van der Waals surface area contributed by atoms with E-state index in [9.17, 15) is 4.79 Å². The number of nitrogens with one attached hydrogen (secondary N) is 3. The molecule has 1 aromatic heterocycles. The zero-order valence-electron chi connectivity index (χ0n) is 14.5. The maximum absolute atomic E-state index is 12.0. The largest absolute Gasteiger partial charge is 0.351 e. The molecule has 7 heteroatoms. The maximum Gasteiger partial charge on any atom is 0.243 e. The number of aliphatic imine (C=N–C) groups is 1. The molecule has 0 spiro atoms. The lowest BCUT2D eigenvalue weighted by atomic mass is 10.2. The molecule has 130 valence electrons. The highest BCUT2D eigenvalue weighted by Gasteiger charge is 2.07. The number of nitrogens with zero attached hydrogens (tertiary/aromatic N) is 2. The summed E-state index contributed by atoms with van der Waals surface area (Å²) in [6, 6.07) is 7.15. The van der Waals surface area contributed by atoms with Crippen LogP contribution in [0.3, 0.4) is 0 Å². The van der Waals surface area contributed by atoms with Gasteiger partial charge >= 0.3 is 0 Å². The van der Waals surface area contributed by atoms with Crippen molar-refractivity contribution in [3.63, 3.8) is 0 Å². The van der Waals surface area contributed by atoms with Crippen LogP contribution < -0.4 is 16.0 Å². The van der Waals surface area contributed by atoms with Gasteiger partial charge in [-0.2, -0.15) is 0 Å². The lowest BCUT2D eigenvalue weighted by Gasteiger charge is -2.11. The highest BCUT2D eigenvalue weighted by atomic mass is 32.1. The van der Waals surface area contributed by atoms with Gasteiger partial charge in [-0.15, -0.1) is 17.8 Å². The fraction of sp³-hybridized carbons (Fsp3) is 0.278. The van der Waals surface area contributed by atoms with E-state index in [2.05, 4.69) is 31.8 Å². The van der Waals surface area contributed by atoms with Crippen LogP contribution in [0.4, 0.5) is 5.69 Å². The molecular formula is C18H21N5OS. The van der Waals surface area contributed by atoms with E-state index in [1.807, 2.05) is 19.9 Å². The summed E-state index contributed by atoms with van der Waals surface area (Å²) < 4.78 is 0. The minimum atomic E-state index is -0.179. The quantitative estimate of drug-likeness (QED) is 0.436. The van der Waals surface area contributed by atoms with E-state index in [0.29, 0.717) is 18.2 Å². The topological polar surface area (TPSA) is 78.4 Å². The van der Waals surface area contributed by atoms with Crippen molar-refractivity contribution in [1.82, 2.24) is 15.6 Å². The maximum atomic E-state index is 12.0. The molecule has 3 N–H and O–H groups in total. The molecule has 2 aromatic rings. The molecule has 1 amide bonds. The molecule has 1 heterocycles. The first-order valence-electron chi connectivity index (χ1n) is 7.75. The lowest BCUT2D eigenvalue weighted by molar-refractivity contribution is -0.115. The average Bonchev–Trinajstić information content (AvgIpc) is 2.92. The van der Waals surface area contributed by atoms with Crippen molar-refractivity contribution in [1.29, 1.82) is 0 Å². The third-order valence-corrected chi connectivity index (χ3v) is 4.44. The number of aryl methyl sites for hydroxylation is 2. The first-order valence-corrected chi connectivity index (χ1v) is 8.57. The molecule has 0 aliphatic heterocycles. The first-order chi connectivity index (χ1) is 12.0. The predicted octanol–water partition coefficient (Wildman–Crippen LogP) is 2.04. The number of benzene rings is 1. The monoisotopic (exact) mass is 355 g/mol. The van der Waals surface area contributed by atoms with E-state index in [1.54, 1.807) is 36.6 Å². The Hall–Kier alpha value is -2.85. The van der Waals surface area contributed by atoms with E-state index in [4.69, 9.17) is 6.42 Å². The van der Waals surface area contributed by atoms with E-state index >= 15 is 0 Å². The number of rotatable bonds is 5. The molecule has 0 saturated heterocycles. The molecule has 0 saturated carbocycles. The standard InChI is InChI=1S/C18H21N5OS/c1-5-14-7-6-8-15(9-14)23-17(24)11-21-18(19-4)20-10-16-12(2)22-13(3)25-16/h1,6-9H,10-11H2,2-4H3,(H,23,24)(H2,19,20,21). The molecule has 6 nitrogen and oxygen atoms in total. The summed E-state index contributed by atoms with van der Waals surface area (Å²) in [5.74, 6) is 2.91. The Kier molecular flexibility index (Phi) is 6.54. The van der Waals surface area contributed by atoms with Crippen LogP contribution in [-0.4, -0.2) is 30.4 Å². The number of hydrogen-bond acceptors (Lipinski definition) is 4. The summed E-state index contributed by atoms with van der Waals surface area (Å²) in [5, 5.41) is 9.99. The van der Waals surface area contributed by atoms with Crippen molar-refractivity contribution in [3.8, 4) is 12.3 Å². The minimum absolute atomic E-state index is 0.0979. The summed E-state index contributed by atoms with van der Waals surface area (Å²) in [6.45, 7) is 4.67. The molecule has 0 bridgehead atoms. The fourth-order valence-corrected chi connectivity index (χ4v) is 3.05. The van der Waals surface area contributed by atoms with Gasteiger partial charge in [0.15, 0.2) is 5.96 Å². The molecule has 25 heavy (non-hydrogen) atoms. The van der Waals surface area contributed by atoms with Gasteiger partial charge in [-0.3, -0.25) is 9.79 Å². The van der Waals surface area contributed by atoms with Crippen LogP contribution in [-0.2, 0) is 11.3 Å². The Balaban J connectivity index is 1.82. The molecule has 0 radical (unpaired) electrons. The Labute approximate surface area is 151 Å². The lowest BCUT2D eigenvalue weighted by Crippen LogP contribution is -2.41. The van der Waals surface area contributed by atoms with Crippen molar-refractivity contribution in [2.24, 2.45) is 4.99 Å². The number of hydrogen-bond donors (Lipinski definition) is 3. The van der Waals surface area contributed by atoms with Crippen molar-refractivity contribution < 1.29 is 4.79 Å². The number of aromatic nitrogens is 1. The fourth-order valence-electron chi connectivity index (χ4n) is 2.18. The van der Waals surface area contributed by atoms with Crippen molar-refractivity contribution in [2.75, 3.05) is 18.9 Å². The number of carbonyl (C=O) groups is 1. The number of anilines is 1. The average molecular weight is 355 g/mol. The summed E-state index contributed by atoms with van der Waals surface area (Å²) in [5.41, 5.74) is 2.40. The van der Waals surface area contributed by atoms with Crippen LogP contribution in [0.15, 0.2) is 29.3 Å². The molecule has 0 unspecified atom stereocenters. The zero-order chi connectivity index (χ0) is 18.2. The zero-order valence-corrected chi connectivity index (χ0v) is 15.3. The smallest absolute Gasteiger partial charge is 0.243 e. The predicted molar refractivity (Wildman–Crippen MR) is 103 cm³/mol. The molecule has 0 atom stereocenters. The Bertz CT molecular complexity index is 819. The van der Waals surface area contributed by atoms with Crippen LogP contribution in [0.2, 0.25) is 0 Å². The van der Waals surface area contributed by atoms with Crippen molar-refractivity contribution in [2.45, 2.75) is 20.4 Å². The first kappa shape index (κ1) is 18.5. The van der Waals surface area contributed by atoms with Gasteiger partial charge in [-0.05, 0) is 32.0 Å². The SMILES string of the molecule is C#Cc1cccc(NC(=O)CNC(=NC)NCc2sc(C)nc2C)c1. The number of guanidine groups is 1. The summed E-state index contributed by atoms with van der Waals surface area (Å²) >= 11 is 1.64. The number of terminal acetylenes is 1. The van der Waals surface area contributed by atoms with Gasteiger partial charge in [-0.25, -0.2) is 4.98 Å². The third-order valence-electron chi connectivity index (χ3n) is 3.37. The molecular weight excluding hydrogens is 334 g/mol. The molecule has 0 aliphatic rings. The van der Waals surface area contributed by atoms with Crippen LogP contribution in [0.1, 0.15) is 21.1 Å². The van der Waals surface area contributed by atoms with Crippen LogP contribution in [0.25, 0.3) is 0 Å². The van der Waals surface area contributed by atoms with Crippen LogP contribution in [0.5, 0.6) is 0 Å². The highest BCUT2D eigenvalue weighted by Crippen LogP contribution is 2.16. The Morgan fingerprint density at radius 1 is 1.36 bits per heavy atom. The third kappa shape index (κ3) is 5.62. The van der Waals surface area contributed by atoms with Crippen LogP contribution in [0, 0.1) is 26.2 Å². The molecule has 1 aromatic carbocycles. The molecule has 0 fully saturated rings. The van der Waals surface area contributed by atoms with Crippen molar-refractivity contribution in [3.05, 3.63) is 45.4 Å². The van der Waals surface area contributed by atoms with Crippen molar-refractivity contribution >= 4 is 28.9 Å². The van der Waals surface area contributed by atoms with Gasteiger partial charge in [0.1, 0.15) is 0 Å². The van der Waals surface area contributed by atoms with E-state index < -0.39 is 0 Å². The number of carbonyl (C=O) groups excluding carboxylic acids is 1.